The highest BCUT2D eigenvalue weighted by Crippen LogP contribution is 2.27. The van der Waals surface area contributed by atoms with Gasteiger partial charge in [0.15, 0.2) is 6.61 Å². The van der Waals surface area contributed by atoms with Crippen LogP contribution in [0.2, 0.25) is 0 Å². The average molecular weight is 485 g/mol. The molecule has 0 saturated carbocycles. The predicted octanol–water partition coefficient (Wildman–Crippen LogP) is 3.78. The SMILES string of the molecule is CCCN(C)CC(=O)n1c([S@](=O)Cc2nccc(OCC(F)(F)F)c2C)nc2c1CCC=C2. The van der Waals surface area contributed by atoms with Crippen LogP contribution in [0, 0.1) is 6.92 Å². The van der Waals surface area contributed by atoms with Gasteiger partial charge in [0.1, 0.15) is 5.75 Å². The molecule has 0 saturated heterocycles. The lowest BCUT2D eigenvalue weighted by atomic mass is 10.1. The smallest absolute Gasteiger partial charge is 0.422 e. The third-order valence-electron chi connectivity index (χ3n) is 5.18. The summed E-state index contributed by atoms with van der Waals surface area (Å²) in [7, 11) is 0.0971. The topological polar surface area (TPSA) is 77.3 Å². The number of likely N-dealkylation sites (N-methyl/N-ethyl adjacent to an activating group) is 1. The molecule has 0 N–H and O–H groups in total. The lowest BCUT2D eigenvalue weighted by Crippen LogP contribution is -2.32. The summed E-state index contributed by atoms with van der Waals surface area (Å²) in [5.41, 5.74) is 2.03. The van der Waals surface area contributed by atoms with Gasteiger partial charge in [-0.05, 0) is 51.9 Å². The first-order valence-corrected chi connectivity index (χ1v) is 11.9. The zero-order valence-corrected chi connectivity index (χ0v) is 19.6. The second kappa shape index (κ2) is 10.6. The number of fused-ring (bicyclic) bond motifs is 1. The molecule has 0 amide bonds. The maximum atomic E-state index is 13.3. The van der Waals surface area contributed by atoms with Crippen LogP contribution in [0.1, 0.15) is 47.2 Å². The number of pyridine rings is 1. The van der Waals surface area contributed by atoms with Gasteiger partial charge in [-0.15, -0.1) is 0 Å². The number of carbonyl (C=O) groups excluding carboxylic acids is 1. The molecule has 0 aromatic carbocycles. The van der Waals surface area contributed by atoms with Crippen molar-refractivity contribution < 1.29 is 26.9 Å². The molecule has 0 radical (unpaired) electrons. The molecule has 1 atom stereocenters. The molecule has 1 aliphatic carbocycles. The number of hydrogen-bond donors (Lipinski definition) is 0. The molecular weight excluding hydrogens is 457 g/mol. The quantitative estimate of drug-likeness (QED) is 0.539. The van der Waals surface area contributed by atoms with Crippen LogP contribution in [0.5, 0.6) is 5.75 Å². The number of alkyl halides is 3. The highest BCUT2D eigenvalue weighted by Gasteiger charge is 2.29. The Bertz CT molecular complexity index is 1070. The number of allylic oxidation sites excluding steroid dienone is 1. The molecule has 0 unspecified atom stereocenters. The van der Waals surface area contributed by atoms with E-state index in [9.17, 15) is 22.2 Å². The van der Waals surface area contributed by atoms with Crippen molar-refractivity contribution in [3.63, 3.8) is 0 Å². The van der Waals surface area contributed by atoms with E-state index in [0.717, 1.165) is 25.1 Å². The van der Waals surface area contributed by atoms with Crippen LogP contribution >= 0.6 is 0 Å². The highest BCUT2D eigenvalue weighted by atomic mass is 32.2. The largest absolute Gasteiger partial charge is 0.484 e. The number of halogens is 3. The van der Waals surface area contributed by atoms with Crippen molar-refractivity contribution in [3.8, 4) is 5.75 Å². The van der Waals surface area contributed by atoms with Gasteiger partial charge >= 0.3 is 6.18 Å². The molecule has 1 aliphatic rings. The van der Waals surface area contributed by atoms with Crippen LogP contribution in [0.15, 0.2) is 23.5 Å². The van der Waals surface area contributed by atoms with Crippen LogP contribution < -0.4 is 4.74 Å². The molecule has 0 bridgehead atoms. The van der Waals surface area contributed by atoms with Gasteiger partial charge in [-0.2, -0.15) is 13.2 Å². The molecule has 3 rings (SSSR count). The van der Waals surface area contributed by atoms with Crippen molar-refractivity contribution in [3.05, 3.63) is 41.0 Å². The minimum atomic E-state index is -4.47. The number of aromatic nitrogens is 3. The van der Waals surface area contributed by atoms with E-state index in [1.54, 1.807) is 6.92 Å². The van der Waals surface area contributed by atoms with Crippen molar-refractivity contribution >= 4 is 22.8 Å². The van der Waals surface area contributed by atoms with Gasteiger partial charge in [0, 0.05) is 11.8 Å². The van der Waals surface area contributed by atoms with E-state index < -0.39 is 23.6 Å². The summed E-state index contributed by atoms with van der Waals surface area (Å²) >= 11 is 0. The molecule has 0 spiro atoms. The summed E-state index contributed by atoms with van der Waals surface area (Å²) in [6, 6.07) is 1.34. The van der Waals surface area contributed by atoms with Crippen molar-refractivity contribution in [1.82, 2.24) is 19.4 Å². The molecule has 2 aromatic heterocycles. The summed E-state index contributed by atoms with van der Waals surface area (Å²) in [5.74, 6) is -0.297. The first-order valence-electron chi connectivity index (χ1n) is 10.6. The van der Waals surface area contributed by atoms with Crippen molar-refractivity contribution in [2.45, 2.75) is 50.2 Å². The number of ether oxygens (including phenoxy) is 1. The standard InChI is InChI=1S/C22H27F3N4O3S/c1-4-11-28(3)12-20(30)29-18-8-6-5-7-16(18)27-21(29)33(31)13-17-15(2)19(9-10-26-17)32-14-22(23,24)25/h5,7,9-10H,4,6,8,11-14H2,1-3H3/t33-/m1/s1. The maximum absolute atomic E-state index is 13.3. The second-order valence-corrected chi connectivity index (χ2v) is 9.25. The number of rotatable bonds is 9. The Balaban J connectivity index is 1.88. The molecule has 11 heteroatoms. The molecule has 2 heterocycles. The zero-order chi connectivity index (χ0) is 24.2. The number of carbonyl (C=O) groups is 1. The lowest BCUT2D eigenvalue weighted by Gasteiger charge is -2.17. The molecule has 0 fully saturated rings. The molecular formula is C22H27F3N4O3S. The molecule has 2 aromatic rings. The number of hydrogen-bond acceptors (Lipinski definition) is 6. The number of nitrogens with zero attached hydrogens (tertiary/aromatic N) is 4. The Kier molecular flexibility index (Phi) is 8.06. The highest BCUT2D eigenvalue weighted by molar-refractivity contribution is 7.84. The predicted molar refractivity (Wildman–Crippen MR) is 119 cm³/mol. The lowest BCUT2D eigenvalue weighted by molar-refractivity contribution is -0.153. The van der Waals surface area contributed by atoms with Crippen LogP contribution in [-0.2, 0) is 23.0 Å². The van der Waals surface area contributed by atoms with E-state index in [-0.39, 0.29) is 29.1 Å². The maximum Gasteiger partial charge on any atom is 0.422 e. The van der Waals surface area contributed by atoms with E-state index in [2.05, 4.69) is 9.97 Å². The first kappa shape index (κ1) is 25.1. The summed E-state index contributed by atoms with van der Waals surface area (Å²) < 4.78 is 57.2. The van der Waals surface area contributed by atoms with Crippen LogP contribution in [0.25, 0.3) is 6.08 Å². The van der Waals surface area contributed by atoms with E-state index in [0.29, 0.717) is 23.4 Å². The average Bonchev–Trinajstić information content (AvgIpc) is 3.14. The Labute approximate surface area is 193 Å². The van der Waals surface area contributed by atoms with Crippen LogP contribution in [0.4, 0.5) is 13.2 Å². The van der Waals surface area contributed by atoms with E-state index in [4.69, 9.17) is 4.74 Å². The fraction of sp³-hybridized carbons (Fsp3) is 0.500. The van der Waals surface area contributed by atoms with Gasteiger partial charge in [-0.25, -0.2) is 4.98 Å². The van der Waals surface area contributed by atoms with Gasteiger partial charge in [0.05, 0.1) is 40.2 Å². The van der Waals surface area contributed by atoms with Crippen molar-refractivity contribution in [2.24, 2.45) is 0 Å². The number of imidazole rings is 1. The summed E-state index contributed by atoms with van der Waals surface area (Å²) in [6.45, 7) is 3.06. The Morgan fingerprint density at radius 1 is 1.36 bits per heavy atom. The minimum Gasteiger partial charge on any atom is -0.484 e. The summed E-state index contributed by atoms with van der Waals surface area (Å²) in [6.07, 6.45) is 2.86. The van der Waals surface area contributed by atoms with Crippen LogP contribution in [-0.4, -0.2) is 62.5 Å². The van der Waals surface area contributed by atoms with Crippen molar-refractivity contribution in [1.29, 1.82) is 0 Å². The van der Waals surface area contributed by atoms with Crippen molar-refractivity contribution in [2.75, 3.05) is 26.7 Å². The molecule has 33 heavy (non-hydrogen) atoms. The minimum absolute atomic E-state index is 0.0251. The Morgan fingerprint density at radius 2 is 2.12 bits per heavy atom. The Hall–Kier alpha value is -2.53. The molecule has 0 aliphatic heterocycles. The Morgan fingerprint density at radius 3 is 2.82 bits per heavy atom. The third kappa shape index (κ3) is 6.29. The normalized spacial score (nSPS) is 14.4. The van der Waals surface area contributed by atoms with Gasteiger partial charge in [-0.1, -0.05) is 13.0 Å². The van der Waals surface area contributed by atoms with Gasteiger partial charge in [-0.3, -0.25) is 23.5 Å². The second-order valence-electron chi connectivity index (χ2n) is 7.91. The molecule has 180 valence electrons. The first-order chi connectivity index (χ1) is 15.6. The molecule has 7 nitrogen and oxygen atoms in total. The third-order valence-corrected chi connectivity index (χ3v) is 6.39. The van der Waals surface area contributed by atoms with E-state index in [1.807, 2.05) is 31.0 Å². The van der Waals surface area contributed by atoms with Crippen LogP contribution in [0.3, 0.4) is 0 Å². The van der Waals surface area contributed by atoms with Gasteiger partial charge < -0.3 is 4.74 Å². The van der Waals surface area contributed by atoms with E-state index in [1.165, 1.54) is 16.8 Å². The monoisotopic (exact) mass is 484 g/mol. The summed E-state index contributed by atoms with van der Waals surface area (Å²) in [5, 5.41) is 0.129. The fourth-order valence-electron chi connectivity index (χ4n) is 3.62. The van der Waals surface area contributed by atoms with Gasteiger partial charge in [0.2, 0.25) is 11.1 Å². The summed E-state index contributed by atoms with van der Waals surface area (Å²) in [4.78, 5) is 23.7. The van der Waals surface area contributed by atoms with E-state index >= 15 is 0 Å². The zero-order valence-electron chi connectivity index (χ0n) is 18.8. The fourth-order valence-corrected chi connectivity index (χ4v) is 4.90. The van der Waals surface area contributed by atoms with Gasteiger partial charge in [0.25, 0.3) is 0 Å².